The van der Waals surface area contributed by atoms with Crippen molar-refractivity contribution in [2.45, 2.75) is 62.2 Å². The highest BCUT2D eigenvalue weighted by Crippen LogP contribution is 2.42. The van der Waals surface area contributed by atoms with Crippen molar-refractivity contribution < 1.29 is 9.59 Å². The third-order valence-electron chi connectivity index (χ3n) is 7.30. The van der Waals surface area contributed by atoms with E-state index in [9.17, 15) is 4.79 Å². The molecular formula is C23H37N5O2. The molecule has 7 nitrogen and oxygen atoms in total. The minimum atomic E-state index is 0.0198. The first-order chi connectivity index (χ1) is 14.4. The van der Waals surface area contributed by atoms with Crippen molar-refractivity contribution in [3.05, 3.63) is 35.9 Å². The van der Waals surface area contributed by atoms with Crippen molar-refractivity contribution in [3.8, 4) is 0 Å². The number of piperidine rings is 1. The normalized spacial score (nSPS) is 31.8. The number of rotatable bonds is 6. The molecule has 1 saturated carbocycles. The summed E-state index contributed by atoms with van der Waals surface area (Å²) in [6.45, 7) is 5.45. The molecule has 0 bridgehead atoms. The van der Waals surface area contributed by atoms with Gasteiger partial charge in [0.15, 0.2) is 0 Å². The zero-order valence-electron chi connectivity index (χ0n) is 18.5. The van der Waals surface area contributed by atoms with Gasteiger partial charge in [-0.15, -0.1) is 0 Å². The molecule has 1 aromatic rings. The van der Waals surface area contributed by atoms with Gasteiger partial charge < -0.3 is 16.4 Å². The van der Waals surface area contributed by atoms with Crippen LogP contribution in [0, 0.1) is 0 Å². The van der Waals surface area contributed by atoms with E-state index in [2.05, 4.69) is 70.5 Å². The molecule has 0 aromatic heterocycles. The van der Waals surface area contributed by atoms with Crippen LogP contribution in [-0.2, 0) is 9.59 Å². The van der Waals surface area contributed by atoms with E-state index < -0.39 is 0 Å². The van der Waals surface area contributed by atoms with Crippen LogP contribution in [0.1, 0.15) is 44.1 Å². The lowest BCUT2D eigenvalue weighted by atomic mass is 9.75. The van der Waals surface area contributed by atoms with Crippen LogP contribution in [0.25, 0.3) is 0 Å². The first-order valence-corrected chi connectivity index (χ1v) is 11.1. The fourth-order valence-corrected chi connectivity index (χ4v) is 5.29. The molecule has 3 fully saturated rings. The molecule has 2 saturated heterocycles. The van der Waals surface area contributed by atoms with Gasteiger partial charge >= 0.3 is 0 Å². The molecule has 1 aliphatic carbocycles. The zero-order chi connectivity index (χ0) is 21.7. The van der Waals surface area contributed by atoms with Gasteiger partial charge in [0.05, 0.1) is 5.54 Å². The van der Waals surface area contributed by atoms with Crippen LogP contribution in [-0.4, -0.2) is 79.5 Å². The smallest absolute Gasteiger partial charge is 0.221 e. The number of benzene rings is 1. The highest BCUT2D eigenvalue weighted by molar-refractivity contribution is 5.77. The van der Waals surface area contributed by atoms with Crippen molar-refractivity contribution in [1.29, 1.82) is 0 Å². The number of hydrogen-bond donors (Lipinski definition) is 3. The summed E-state index contributed by atoms with van der Waals surface area (Å²) >= 11 is 0. The Morgan fingerprint density at radius 3 is 2.43 bits per heavy atom. The number of carbonyl (C=O) groups excluding carboxylic acids is 2. The Morgan fingerprint density at radius 1 is 1.27 bits per heavy atom. The van der Waals surface area contributed by atoms with Crippen molar-refractivity contribution in [2.24, 2.45) is 5.73 Å². The largest absolute Gasteiger partial charge is 0.372 e. The van der Waals surface area contributed by atoms with E-state index in [0.717, 1.165) is 19.6 Å². The number of likely N-dealkylation sites (N-methyl/N-ethyl adjacent to an activating group) is 1. The molecule has 4 N–H and O–H groups in total. The Hall–Kier alpha value is -1.96. The molecule has 30 heavy (non-hydrogen) atoms. The van der Waals surface area contributed by atoms with Gasteiger partial charge in [0.1, 0.15) is 0 Å². The molecule has 2 heterocycles. The highest BCUT2D eigenvalue weighted by atomic mass is 16.1. The second-order valence-corrected chi connectivity index (χ2v) is 8.97. The molecule has 4 atom stereocenters. The summed E-state index contributed by atoms with van der Waals surface area (Å²) in [6.07, 6.45) is 4.51. The van der Waals surface area contributed by atoms with Gasteiger partial charge in [-0.3, -0.25) is 19.4 Å². The quantitative estimate of drug-likeness (QED) is 0.601. The van der Waals surface area contributed by atoms with E-state index in [4.69, 9.17) is 4.79 Å². The van der Waals surface area contributed by atoms with Crippen LogP contribution in [0.3, 0.4) is 0 Å². The predicted molar refractivity (Wildman–Crippen MR) is 119 cm³/mol. The number of primary amides is 1. The summed E-state index contributed by atoms with van der Waals surface area (Å²) in [4.78, 5) is 25.7. The monoisotopic (exact) mass is 415 g/mol. The molecule has 3 aliphatic rings. The Morgan fingerprint density at radius 2 is 1.90 bits per heavy atom. The number of nitrogens with one attached hydrogen (secondary N) is 2. The molecule has 0 radical (unpaired) electrons. The summed E-state index contributed by atoms with van der Waals surface area (Å²) in [5, 5.41) is 6.74. The predicted octanol–water partition coefficient (Wildman–Crippen LogP) is 0.907. The highest BCUT2D eigenvalue weighted by Gasteiger charge is 2.53. The van der Waals surface area contributed by atoms with Crippen LogP contribution in [0.2, 0.25) is 0 Å². The van der Waals surface area contributed by atoms with Crippen molar-refractivity contribution >= 4 is 12.3 Å². The number of nitrogens with zero attached hydrogens (tertiary/aromatic N) is 2. The van der Waals surface area contributed by atoms with E-state index >= 15 is 0 Å². The minimum Gasteiger partial charge on any atom is -0.372 e. The minimum absolute atomic E-state index is 0.0198. The van der Waals surface area contributed by atoms with E-state index in [0.29, 0.717) is 30.5 Å². The van der Waals surface area contributed by atoms with Crippen LogP contribution < -0.4 is 16.4 Å². The van der Waals surface area contributed by atoms with E-state index in [1.54, 1.807) is 7.05 Å². The van der Waals surface area contributed by atoms with Gasteiger partial charge in [0, 0.05) is 57.1 Å². The molecule has 2 aliphatic heterocycles. The lowest BCUT2D eigenvalue weighted by Crippen LogP contribution is -2.76. The Bertz CT molecular complexity index is 707. The third kappa shape index (κ3) is 4.85. The van der Waals surface area contributed by atoms with Gasteiger partial charge in [0.25, 0.3) is 0 Å². The molecular weight excluding hydrogens is 378 g/mol. The van der Waals surface area contributed by atoms with Crippen molar-refractivity contribution in [3.63, 3.8) is 0 Å². The first kappa shape index (κ1) is 22.7. The van der Waals surface area contributed by atoms with E-state index in [-0.39, 0.29) is 17.9 Å². The number of likely N-dealkylation sites (tertiary alicyclic amines) is 2. The average molecular weight is 416 g/mol. The lowest BCUT2D eigenvalue weighted by Gasteiger charge is -2.61. The second-order valence-electron chi connectivity index (χ2n) is 8.97. The van der Waals surface area contributed by atoms with Gasteiger partial charge in [-0.05, 0) is 38.8 Å². The second kappa shape index (κ2) is 9.90. The van der Waals surface area contributed by atoms with Crippen LogP contribution in [0.4, 0.5) is 0 Å². The van der Waals surface area contributed by atoms with Crippen LogP contribution in [0.5, 0.6) is 0 Å². The first-order valence-electron chi connectivity index (χ1n) is 11.1. The number of nitrogens with two attached hydrogens (primary N) is 1. The van der Waals surface area contributed by atoms with Crippen LogP contribution >= 0.6 is 0 Å². The number of hydrogen-bond acceptors (Lipinski definition) is 5. The fraction of sp³-hybridized carbons (Fsp3) is 0.652. The summed E-state index contributed by atoms with van der Waals surface area (Å²) in [5.41, 5.74) is 5.66. The Kier molecular flexibility index (Phi) is 7.50. The van der Waals surface area contributed by atoms with Crippen molar-refractivity contribution in [2.75, 3.05) is 33.7 Å². The van der Waals surface area contributed by atoms with E-state index in [1.165, 1.54) is 24.8 Å². The van der Waals surface area contributed by atoms with Crippen LogP contribution in [0.15, 0.2) is 30.3 Å². The zero-order valence-corrected chi connectivity index (χ0v) is 18.5. The molecule has 7 heteroatoms. The number of carbonyl (C=O) groups is 2. The summed E-state index contributed by atoms with van der Waals surface area (Å²) in [5.74, 6) is 0.864. The molecule has 1 aromatic carbocycles. The summed E-state index contributed by atoms with van der Waals surface area (Å²) < 4.78 is 0. The standard InChI is InChI=1S/C22H34N4O.CH3NO/c1-16-22(15-25(16)3,14-21(27)23-2)26-11-9-18(10-12-26)24-20-13-19(20)17-7-5-4-6-8-17;2-1-3/h4-8,16,18-20,24H,9-15H2,1-3H3,(H,23,27);1H,(H2,2,3)/t16?,19-,20+,22?;/m0./s1. The maximum absolute atomic E-state index is 12.1. The van der Waals surface area contributed by atoms with Gasteiger partial charge in [-0.25, -0.2) is 0 Å². The summed E-state index contributed by atoms with van der Waals surface area (Å²) in [6, 6.07) is 12.6. The molecule has 4 rings (SSSR count). The third-order valence-corrected chi connectivity index (χ3v) is 7.30. The van der Waals surface area contributed by atoms with Gasteiger partial charge in [-0.2, -0.15) is 0 Å². The van der Waals surface area contributed by atoms with Gasteiger partial charge in [-0.1, -0.05) is 30.3 Å². The lowest BCUT2D eigenvalue weighted by molar-refractivity contribution is -0.138. The molecule has 2 unspecified atom stereocenters. The van der Waals surface area contributed by atoms with Crippen molar-refractivity contribution in [1.82, 2.24) is 20.4 Å². The Balaban J connectivity index is 0.000000806. The molecule has 166 valence electrons. The van der Waals surface area contributed by atoms with Gasteiger partial charge in [0.2, 0.25) is 12.3 Å². The molecule has 0 spiro atoms. The SMILES string of the molecule is CNC(=O)CC1(N2CCC(N[C@@H]3C[C@H]3c3ccccc3)CC2)CN(C)C1C.NC=O. The maximum atomic E-state index is 12.1. The Labute approximate surface area is 180 Å². The topological polar surface area (TPSA) is 90.7 Å². The average Bonchev–Trinajstić information content (AvgIpc) is 3.53. The summed E-state index contributed by atoms with van der Waals surface area (Å²) in [7, 11) is 3.91. The van der Waals surface area contributed by atoms with E-state index in [1.807, 2.05) is 0 Å². The fourth-order valence-electron chi connectivity index (χ4n) is 5.29. The maximum Gasteiger partial charge on any atom is 0.221 e. The molecule has 2 amide bonds. The number of amides is 2.